The van der Waals surface area contributed by atoms with Crippen molar-refractivity contribution in [1.29, 1.82) is 0 Å². The highest BCUT2D eigenvalue weighted by Gasteiger charge is 2.42. The van der Waals surface area contributed by atoms with Gasteiger partial charge in [0.05, 0.1) is 41.4 Å². The zero-order chi connectivity index (χ0) is 26.4. The zero-order valence-electron chi connectivity index (χ0n) is 21.2. The Bertz CT molecular complexity index is 1350. The summed E-state index contributed by atoms with van der Waals surface area (Å²) in [6.07, 6.45) is 9.58. The Morgan fingerprint density at radius 1 is 1.15 bits per heavy atom. The number of nitrogens with one attached hydrogen (secondary N) is 2. The first-order valence-electron chi connectivity index (χ1n) is 13.0. The topological polar surface area (TPSA) is 131 Å². The molecule has 1 fully saturated rings. The molecule has 10 heteroatoms. The van der Waals surface area contributed by atoms with Gasteiger partial charge in [0.2, 0.25) is 0 Å². The third-order valence-corrected chi connectivity index (χ3v) is 7.81. The van der Waals surface area contributed by atoms with Crippen LogP contribution in [0.2, 0.25) is 0 Å². The number of hydrogen-bond donors (Lipinski definition) is 3. The van der Waals surface area contributed by atoms with Gasteiger partial charge in [-0.15, -0.1) is 0 Å². The number of imide groups is 1. The maximum Gasteiger partial charge on any atom is 0.261 e. The average Bonchev–Trinajstić information content (AvgIpc) is 3.62. The molecule has 0 bridgehead atoms. The van der Waals surface area contributed by atoms with Crippen LogP contribution in [0.1, 0.15) is 58.7 Å². The van der Waals surface area contributed by atoms with E-state index in [4.69, 9.17) is 4.99 Å². The second kappa shape index (κ2) is 10.7. The molecule has 4 heterocycles. The second-order valence-corrected chi connectivity index (χ2v) is 10.4. The predicted octanol–water partition coefficient (Wildman–Crippen LogP) is 2.53. The molecule has 1 aromatic carbocycles. The van der Waals surface area contributed by atoms with Crippen LogP contribution >= 0.6 is 0 Å². The second-order valence-electron chi connectivity index (χ2n) is 10.4. The van der Waals surface area contributed by atoms with Gasteiger partial charge in [-0.1, -0.05) is 13.5 Å². The number of allylic oxidation sites excluding steroid dienone is 4. The third kappa shape index (κ3) is 4.86. The molecule has 204 valence electrons. The Balaban J connectivity index is 0.00000308. The van der Waals surface area contributed by atoms with Crippen LogP contribution in [0.25, 0.3) is 0 Å². The Hall–Kier alpha value is -3.89. The van der Waals surface area contributed by atoms with Crippen LogP contribution in [-0.4, -0.2) is 87.0 Å². The summed E-state index contributed by atoms with van der Waals surface area (Å²) in [6.45, 7) is 1.54. The number of H-pyrrole nitrogens is 1. The molecule has 0 unspecified atom stereocenters. The molecule has 1 saturated heterocycles. The summed E-state index contributed by atoms with van der Waals surface area (Å²) in [4.78, 5) is 55.1. The minimum absolute atomic E-state index is 0. The first kappa shape index (κ1) is 26.7. The summed E-state index contributed by atoms with van der Waals surface area (Å²) >= 11 is 0. The summed E-state index contributed by atoms with van der Waals surface area (Å²) in [5, 5.41) is 13.3. The maximum atomic E-state index is 13.3. The van der Waals surface area contributed by atoms with Gasteiger partial charge >= 0.3 is 0 Å². The van der Waals surface area contributed by atoms with Gasteiger partial charge in [0.15, 0.2) is 5.78 Å². The van der Waals surface area contributed by atoms with Crippen LogP contribution < -0.4 is 5.32 Å². The van der Waals surface area contributed by atoms with Gasteiger partial charge in [0, 0.05) is 48.6 Å². The van der Waals surface area contributed by atoms with E-state index in [1.165, 1.54) is 4.90 Å². The Morgan fingerprint density at radius 3 is 2.59 bits per heavy atom. The number of imidazole rings is 1. The lowest BCUT2D eigenvalue weighted by atomic mass is 9.93. The molecular formula is C29H34N6O4. The van der Waals surface area contributed by atoms with Crippen LogP contribution in [0.15, 0.2) is 53.1 Å². The maximum absolute atomic E-state index is 13.3. The number of nitrogens with zero attached hydrogens (tertiary/aromatic N) is 4. The quantitative estimate of drug-likeness (QED) is 0.400. The lowest BCUT2D eigenvalue weighted by Crippen LogP contribution is -2.46. The SMILES string of the molecule is C.CN1CCC(N2C(=O)c3cc4c(cc3C2=O)NC(=C2C(=O)CC=CC2=N[C@@H](CO)Cc2cnc[nH]2)C4)CC1. The van der Waals surface area contributed by atoms with E-state index < -0.39 is 6.04 Å². The highest BCUT2D eigenvalue weighted by Crippen LogP contribution is 2.38. The molecule has 1 aliphatic carbocycles. The van der Waals surface area contributed by atoms with Crippen LogP contribution in [-0.2, 0) is 17.6 Å². The molecule has 3 aliphatic heterocycles. The molecule has 4 aliphatic rings. The van der Waals surface area contributed by atoms with Gasteiger partial charge < -0.3 is 20.3 Å². The van der Waals surface area contributed by atoms with E-state index >= 15 is 0 Å². The molecule has 3 N–H and O–H groups in total. The molecular weight excluding hydrogens is 496 g/mol. The number of anilines is 1. The van der Waals surface area contributed by atoms with E-state index in [1.807, 2.05) is 13.1 Å². The molecule has 1 atom stereocenters. The summed E-state index contributed by atoms with van der Waals surface area (Å²) in [5.74, 6) is -0.534. The number of aliphatic hydroxyl groups excluding tert-OH is 1. The van der Waals surface area contributed by atoms with Crippen molar-refractivity contribution in [2.45, 2.75) is 51.6 Å². The number of rotatable bonds is 5. The summed E-state index contributed by atoms with van der Waals surface area (Å²) in [6, 6.07) is 3.03. The minimum Gasteiger partial charge on any atom is -0.394 e. The van der Waals surface area contributed by atoms with Gasteiger partial charge in [-0.25, -0.2) is 4.98 Å². The van der Waals surface area contributed by atoms with Crippen molar-refractivity contribution in [3.05, 3.63) is 70.5 Å². The van der Waals surface area contributed by atoms with Gasteiger partial charge in [0.1, 0.15) is 0 Å². The number of carbonyl (C=O) groups is 3. The number of hydrogen-bond acceptors (Lipinski definition) is 8. The number of aliphatic hydroxyl groups is 1. The number of piperidine rings is 1. The van der Waals surface area contributed by atoms with Crippen molar-refractivity contribution in [3.63, 3.8) is 0 Å². The molecule has 39 heavy (non-hydrogen) atoms. The van der Waals surface area contributed by atoms with E-state index in [-0.39, 0.29) is 44.1 Å². The van der Waals surface area contributed by atoms with Crippen LogP contribution in [0, 0.1) is 0 Å². The van der Waals surface area contributed by atoms with E-state index in [0.29, 0.717) is 41.0 Å². The fourth-order valence-electron chi connectivity index (χ4n) is 5.78. The van der Waals surface area contributed by atoms with Crippen molar-refractivity contribution >= 4 is 29.0 Å². The van der Waals surface area contributed by atoms with Crippen molar-refractivity contribution < 1.29 is 19.5 Å². The average molecular weight is 531 g/mol. The summed E-state index contributed by atoms with van der Waals surface area (Å²) < 4.78 is 0. The lowest BCUT2D eigenvalue weighted by molar-refractivity contribution is -0.114. The van der Waals surface area contributed by atoms with Crippen LogP contribution in [0.3, 0.4) is 0 Å². The van der Waals surface area contributed by atoms with Gasteiger partial charge in [-0.3, -0.25) is 24.3 Å². The molecule has 1 aromatic heterocycles. The number of aromatic nitrogens is 2. The largest absolute Gasteiger partial charge is 0.394 e. The number of aliphatic imine (C=N–C) groups is 1. The number of aromatic amines is 1. The zero-order valence-corrected chi connectivity index (χ0v) is 21.2. The van der Waals surface area contributed by atoms with E-state index in [1.54, 1.807) is 30.7 Å². The number of Topliss-reactive ketones (excluding diaryl/α,β-unsaturated/α-hetero) is 1. The Morgan fingerprint density at radius 2 is 1.90 bits per heavy atom. The Kier molecular flexibility index (Phi) is 7.33. The van der Waals surface area contributed by atoms with Crippen molar-refractivity contribution in [3.8, 4) is 0 Å². The fourth-order valence-corrected chi connectivity index (χ4v) is 5.78. The molecule has 0 saturated carbocycles. The Labute approximate surface area is 227 Å². The smallest absolute Gasteiger partial charge is 0.261 e. The lowest BCUT2D eigenvalue weighted by Gasteiger charge is -2.33. The normalized spacial score (nSPS) is 23.2. The number of carbonyl (C=O) groups excluding carboxylic acids is 3. The van der Waals surface area contributed by atoms with Gasteiger partial charge in [-0.05, 0) is 56.8 Å². The summed E-state index contributed by atoms with van der Waals surface area (Å²) in [5.41, 5.74) is 4.99. The van der Waals surface area contributed by atoms with E-state index in [2.05, 4.69) is 20.2 Å². The first-order valence-corrected chi connectivity index (χ1v) is 13.0. The fraction of sp³-hybridized carbons (Fsp3) is 0.414. The highest BCUT2D eigenvalue weighted by molar-refractivity contribution is 6.29. The van der Waals surface area contributed by atoms with Gasteiger partial charge in [-0.2, -0.15) is 0 Å². The first-order chi connectivity index (χ1) is 18.4. The van der Waals surface area contributed by atoms with Crippen molar-refractivity contribution in [1.82, 2.24) is 19.8 Å². The monoisotopic (exact) mass is 530 g/mol. The molecule has 2 aromatic rings. The van der Waals surface area contributed by atoms with Crippen LogP contribution in [0.5, 0.6) is 0 Å². The highest BCUT2D eigenvalue weighted by atomic mass is 16.3. The van der Waals surface area contributed by atoms with Crippen molar-refractivity contribution in [2.24, 2.45) is 4.99 Å². The number of fused-ring (bicyclic) bond motifs is 2. The number of amides is 2. The number of ketones is 1. The number of benzene rings is 1. The molecule has 2 amide bonds. The third-order valence-electron chi connectivity index (χ3n) is 7.81. The number of likely N-dealkylation sites (tertiary alicyclic amines) is 1. The van der Waals surface area contributed by atoms with Gasteiger partial charge in [0.25, 0.3) is 11.8 Å². The minimum atomic E-state index is -0.440. The molecule has 6 rings (SSSR count). The van der Waals surface area contributed by atoms with Crippen molar-refractivity contribution in [2.75, 3.05) is 32.1 Å². The van der Waals surface area contributed by atoms with E-state index in [9.17, 15) is 19.5 Å². The van der Waals surface area contributed by atoms with Crippen LogP contribution in [0.4, 0.5) is 5.69 Å². The van der Waals surface area contributed by atoms with E-state index in [0.717, 1.165) is 42.9 Å². The summed E-state index contributed by atoms with van der Waals surface area (Å²) in [7, 11) is 2.05. The predicted molar refractivity (Wildman–Crippen MR) is 148 cm³/mol. The molecule has 10 nitrogen and oxygen atoms in total. The molecule has 0 spiro atoms. The standard InChI is InChI=1S/C28H30N6O4.CH4/c1-33-7-5-19(6-8-33)34-27(37)20-9-16-10-24(32-23(16)12-21(20)28(34)38)26-22(3-2-4-25(26)36)31-18(14-35)11-17-13-29-15-30-17;/h2-3,9,12-13,15,18-19,32,35H,4-8,10-11,14H2,1H3,(H,29,30);1H4/t18-;/m1./s1. The molecule has 0 radical (unpaired) electrons.